The van der Waals surface area contributed by atoms with Gasteiger partial charge in [-0.05, 0) is 57.2 Å². The lowest BCUT2D eigenvalue weighted by molar-refractivity contribution is -0.136. The summed E-state index contributed by atoms with van der Waals surface area (Å²) in [6, 6.07) is 14.4. The molecule has 0 aromatic heterocycles. The Bertz CT molecular complexity index is 859. The number of rotatable bonds is 9. The third-order valence-electron chi connectivity index (χ3n) is 4.70. The van der Waals surface area contributed by atoms with Crippen LogP contribution in [-0.2, 0) is 14.3 Å². The minimum Gasteiger partial charge on any atom is -0.452 e. The topological polar surface area (TPSA) is 79.0 Å². The lowest BCUT2D eigenvalue weighted by Crippen LogP contribution is -2.37. The van der Waals surface area contributed by atoms with Crippen LogP contribution in [0.4, 0.5) is 11.4 Å². The van der Waals surface area contributed by atoms with E-state index in [-0.39, 0.29) is 12.5 Å². The van der Waals surface area contributed by atoms with Crippen molar-refractivity contribution in [1.29, 1.82) is 0 Å². The normalized spacial score (nSPS) is 10.3. The highest BCUT2D eigenvalue weighted by molar-refractivity contribution is 5.95. The van der Waals surface area contributed by atoms with Gasteiger partial charge in [0.2, 0.25) is 5.91 Å². The molecule has 0 saturated carbocycles. The van der Waals surface area contributed by atoms with Gasteiger partial charge < -0.3 is 19.9 Å². The molecular formula is C23H29N3O4. The maximum Gasteiger partial charge on any atom is 0.338 e. The van der Waals surface area contributed by atoms with E-state index in [2.05, 4.69) is 24.1 Å². The van der Waals surface area contributed by atoms with Gasteiger partial charge >= 0.3 is 5.97 Å². The number of anilines is 2. The van der Waals surface area contributed by atoms with Gasteiger partial charge in [-0.15, -0.1) is 0 Å². The van der Waals surface area contributed by atoms with Crippen molar-refractivity contribution in [3.63, 3.8) is 0 Å². The summed E-state index contributed by atoms with van der Waals surface area (Å²) in [7, 11) is 1.49. The Morgan fingerprint density at radius 2 is 1.53 bits per heavy atom. The SMILES string of the molecule is CCN(CC)c1ccc(C(=O)OCC(=O)N(C)CC(=O)Nc2ccc(C)cc2)cc1. The largest absolute Gasteiger partial charge is 0.452 e. The summed E-state index contributed by atoms with van der Waals surface area (Å²) < 4.78 is 5.10. The van der Waals surface area contributed by atoms with Crippen molar-refractivity contribution in [1.82, 2.24) is 4.90 Å². The second-order valence-corrected chi connectivity index (χ2v) is 6.96. The molecule has 2 rings (SSSR count). The first-order valence-corrected chi connectivity index (χ1v) is 9.96. The fourth-order valence-electron chi connectivity index (χ4n) is 2.86. The van der Waals surface area contributed by atoms with Crippen molar-refractivity contribution in [2.24, 2.45) is 0 Å². The van der Waals surface area contributed by atoms with E-state index in [1.165, 1.54) is 11.9 Å². The van der Waals surface area contributed by atoms with Crippen LogP contribution in [0, 0.1) is 6.92 Å². The Labute approximate surface area is 177 Å². The van der Waals surface area contributed by atoms with Crippen LogP contribution in [-0.4, -0.2) is 56.0 Å². The first-order valence-electron chi connectivity index (χ1n) is 9.96. The molecule has 7 heteroatoms. The van der Waals surface area contributed by atoms with Gasteiger partial charge in [-0.25, -0.2) is 4.79 Å². The predicted octanol–water partition coefficient (Wildman–Crippen LogP) is 3.10. The Balaban J connectivity index is 1.81. The molecule has 0 fully saturated rings. The van der Waals surface area contributed by atoms with Gasteiger partial charge in [-0.2, -0.15) is 0 Å². The molecule has 1 N–H and O–H groups in total. The standard InChI is InChI=1S/C23H29N3O4/c1-5-26(6-2)20-13-9-18(10-14-20)23(29)30-16-22(28)25(4)15-21(27)24-19-11-7-17(3)8-12-19/h7-14H,5-6,15-16H2,1-4H3,(H,24,27). The molecule has 0 aliphatic rings. The fourth-order valence-corrected chi connectivity index (χ4v) is 2.86. The summed E-state index contributed by atoms with van der Waals surface area (Å²) in [5.74, 6) is -1.36. The summed E-state index contributed by atoms with van der Waals surface area (Å²) in [5.41, 5.74) is 3.14. The molecule has 2 amide bonds. The van der Waals surface area contributed by atoms with E-state index in [0.717, 1.165) is 24.3 Å². The summed E-state index contributed by atoms with van der Waals surface area (Å²) in [4.78, 5) is 39.9. The van der Waals surface area contributed by atoms with Crippen molar-refractivity contribution in [3.05, 3.63) is 59.7 Å². The molecule has 0 unspecified atom stereocenters. The van der Waals surface area contributed by atoms with E-state index < -0.39 is 18.5 Å². The Morgan fingerprint density at radius 1 is 0.933 bits per heavy atom. The molecule has 0 spiro atoms. The van der Waals surface area contributed by atoms with Crippen LogP contribution in [0.5, 0.6) is 0 Å². The highest BCUT2D eigenvalue weighted by atomic mass is 16.5. The maximum atomic E-state index is 12.2. The molecule has 0 heterocycles. The number of carbonyl (C=O) groups excluding carboxylic acids is 3. The minimum atomic E-state index is -0.577. The highest BCUT2D eigenvalue weighted by Crippen LogP contribution is 2.15. The quantitative estimate of drug-likeness (QED) is 0.642. The molecule has 30 heavy (non-hydrogen) atoms. The van der Waals surface area contributed by atoms with Gasteiger partial charge in [0.25, 0.3) is 5.91 Å². The van der Waals surface area contributed by atoms with Crippen LogP contribution in [0.25, 0.3) is 0 Å². The number of aryl methyl sites for hydroxylation is 1. The summed E-state index contributed by atoms with van der Waals surface area (Å²) >= 11 is 0. The number of nitrogens with zero attached hydrogens (tertiary/aromatic N) is 2. The highest BCUT2D eigenvalue weighted by Gasteiger charge is 2.16. The van der Waals surface area contributed by atoms with Crippen molar-refractivity contribution >= 4 is 29.2 Å². The van der Waals surface area contributed by atoms with Gasteiger partial charge in [0.05, 0.1) is 12.1 Å². The van der Waals surface area contributed by atoms with E-state index in [1.54, 1.807) is 24.3 Å². The smallest absolute Gasteiger partial charge is 0.338 e. The van der Waals surface area contributed by atoms with Gasteiger partial charge in [-0.3, -0.25) is 9.59 Å². The average Bonchev–Trinajstić information content (AvgIpc) is 2.74. The van der Waals surface area contributed by atoms with Crippen molar-refractivity contribution in [2.45, 2.75) is 20.8 Å². The number of esters is 1. The molecule has 0 aliphatic carbocycles. The van der Waals surface area contributed by atoms with E-state index >= 15 is 0 Å². The molecule has 2 aromatic rings. The maximum absolute atomic E-state index is 12.2. The second-order valence-electron chi connectivity index (χ2n) is 6.96. The molecule has 0 atom stereocenters. The zero-order chi connectivity index (χ0) is 22.1. The molecule has 0 aliphatic heterocycles. The van der Waals surface area contributed by atoms with Crippen molar-refractivity contribution < 1.29 is 19.1 Å². The van der Waals surface area contributed by atoms with E-state index in [4.69, 9.17) is 4.74 Å². The van der Waals surface area contributed by atoms with Crippen LogP contribution in [0.1, 0.15) is 29.8 Å². The second kappa shape index (κ2) is 11.0. The summed E-state index contributed by atoms with van der Waals surface area (Å²) in [6.45, 7) is 7.27. The van der Waals surface area contributed by atoms with E-state index in [9.17, 15) is 14.4 Å². The van der Waals surface area contributed by atoms with Gasteiger partial charge in [0, 0.05) is 31.5 Å². The molecule has 0 bridgehead atoms. The van der Waals surface area contributed by atoms with Crippen molar-refractivity contribution in [2.75, 3.05) is 43.5 Å². The first kappa shape index (κ1) is 22.9. The number of nitrogens with one attached hydrogen (secondary N) is 1. The molecule has 2 aromatic carbocycles. The van der Waals surface area contributed by atoms with Gasteiger partial charge in [-0.1, -0.05) is 17.7 Å². The molecule has 160 valence electrons. The van der Waals surface area contributed by atoms with E-state index in [0.29, 0.717) is 11.3 Å². The lowest BCUT2D eigenvalue weighted by Gasteiger charge is -2.21. The zero-order valence-electron chi connectivity index (χ0n) is 18.0. The molecule has 0 saturated heterocycles. The number of hydrogen-bond donors (Lipinski definition) is 1. The predicted molar refractivity (Wildman–Crippen MR) is 118 cm³/mol. The average molecular weight is 412 g/mol. The molecular weight excluding hydrogens is 382 g/mol. The number of benzene rings is 2. The third-order valence-corrected chi connectivity index (χ3v) is 4.70. The van der Waals surface area contributed by atoms with Gasteiger partial charge in [0.15, 0.2) is 6.61 Å². The monoisotopic (exact) mass is 411 g/mol. The minimum absolute atomic E-state index is 0.136. The van der Waals surface area contributed by atoms with Crippen LogP contribution >= 0.6 is 0 Å². The number of ether oxygens (including phenoxy) is 1. The van der Waals surface area contributed by atoms with Crippen molar-refractivity contribution in [3.8, 4) is 0 Å². The Hall–Kier alpha value is -3.35. The first-order chi connectivity index (χ1) is 14.3. The fraction of sp³-hybridized carbons (Fsp3) is 0.348. The number of carbonyl (C=O) groups is 3. The number of hydrogen-bond acceptors (Lipinski definition) is 5. The molecule has 0 radical (unpaired) electrons. The number of amides is 2. The summed E-state index contributed by atoms with van der Waals surface area (Å²) in [5, 5.41) is 2.72. The zero-order valence-corrected chi connectivity index (χ0v) is 18.0. The number of likely N-dealkylation sites (N-methyl/N-ethyl adjacent to an activating group) is 1. The van der Waals surface area contributed by atoms with Gasteiger partial charge in [0.1, 0.15) is 0 Å². The van der Waals surface area contributed by atoms with Crippen LogP contribution in [0.3, 0.4) is 0 Å². The van der Waals surface area contributed by atoms with Crippen LogP contribution in [0.2, 0.25) is 0 Å². The summed E-state index contributed by atoms with van der Waals surface area (Å²) in [6.07, 6.45) is 0. The van der Waals surface area contributed by atoms with Crippen LogP contribution < -0.4 is 10.2 Å². The molecule has 7 nitrogen and oxygen atoms in total. The lowest BCUT2D eigenvalue weighted by atomic mass is 10.2. The van der Waals surface area contributed by atoms with E-state index in [1.807, 2.05) is 31.2 Å². The van der Waals surface area contributed by atoms with Crippen LogP contribution in [0.15, 0.2) is 48.5 Å². The third kappa shape index (κ3) is 6.62. The Morgan fingerprint density at radius 3 is 2.10 bits per heavy atom. The Kier molecular flexibility index (Phi) is 8.41.